The molecule has 25 heavy (non-hydrogen) atoms. The van der Waals surface area contributed by atoms with E-state index in [9.17, 15) is 9.59 Å². The molecule has 4 nitrogen and oxygen atoms in total. The molecule has 0 aromatic heterocycles. The first-order valence-corrected chi connectivity index (χ1v) is 8.39. The summed E-state index contributed by atoms with van der Waals surface area (Å²) >= 11 is 0. The molecule has 0 saturated carbocycles. The zero-order valence-corrected chi connectivity index (χ0v) is 15.5. The van der Waals surface area contributed by atoms with Crippen molar-refractivity contribution in [3.8, 4) is 0 Å². The SMILES string of the molecule is Cc1cc(C)c(C(=O)OCC(=O)NC(C)c2ccccc2C)c(C)c1. The number of carbonyl (C=O) groups is 2. The van der Waals surface area contributed by atoms with Crippen molar-refractivity contribution >= 4 is 11.9 Å². The zero-order chi connectivity index (χ0) is 18.6. The van der Waals surface area contributed by atoms with E-state index in [1.807, 2.05) is 71.0 Å². The number of hydrogen-bond acceptors (Lipinski definition) is 3. The third-order valence-electron chi connectivity index (χ3n) is 4.25. The van der Waals surface area contributed by atoms with Gasteiger partial charge >= 0.3 is 5.97 Å². The van der Waals surface area contributed by atoms with E-state index in [-0.39, 0.29) is 18.6 Å². The highest BCUT2D eigenvalue weighted by molar-refractivity contribution is 5.94. The summed E-state index contributed by atoms with van der Waals surface area (Å²) in [6.07, 6.45) is 0. The first-order chi connectivity index (χ1) is 11.8. The van der Waals surface area contributed by atoms with E-state index in [1.54, 1.807) is 0 Å². The molecule has 2 aromatic carbocycles. The van der Waals surface area contributed by atoms with Crippen molar-refractivity contribution in [3.05, 3.63) is 69.8 Å². The predicted molar refractivity (Wildman–Crippen MR) is 98.7 cm³/mol. The molecule has 0 aliphatic heterocycles. The van der Waals surface area contributed by atoms with Crippen LogP contribution < -0.4 is 5.32 Å². The van der Waals surface area contributed by atoms with E-state index in [0.29, 0.717) is 5.56 Å². The predicted octanol–water partition coefficient (Wildman–Crippen LogP) is 3.95. The third kappa shape index (κ3) is 4.69. The minimum atomic E-state index is -0.464. The van der Waals surface area contributed by atoms with E-state index in [4.69, 9.17) is 4.74 Å². The number of hydrogen-bond donors (Lipinski definition) is 1. The molecule has 4 heteroatoms. The Labute approximate surface area is 149 Å². The van der Waals surface area contributed by atoms with Gasteiger partial charge in [0.25, 0.3) is 5.91 Å². The van der Waals surface area contributed by atoms with Crippen molar-refractivity contribution in [1.82, 2.24) is 5.32 Å². The molecule has 1 atom stereocenters. The van der Waals surface area contributed by atoms with Crippen molar-refractivity contribution < 1.29 is 14.3 Å². The van der Waals surface area contributed by atoms with E-state index < -0.39 is 5.97 Å². The Bertz CT molecular complexity index is 772. The molecule has 2 aromatic rings. The minimum Gasteiger partial charge on any atom is -0.452 e. The fourth-order valence-corrected chi connectivity index (χ4v) is 3.14. The number of carbonyl (C=O) groups excluding carboxylic acids is 2. The van der Waals surface area contributed by atoms with Gasteiger partial charge in [-0.05, 0) is 56.9 Å². The molecule has 0 heterocycles. The average Bonchev–Trinajstić information content (AvgIpc) is 2.52. The van der Waals surface area contributed by atoms with E-state index in [1.165, 1.54) is 0 Å². The largest absolute Gasteiger partial charge is 0.452 e. The second kappa shape index (κ2) is 7.97. The molecule has 2 rings (SSSR count). The summed E-state index contributed by atoms with van der Waals surface area (Å²) in [5, 5.41) is 2.87. The van der Waals surface area contributed by atoms with Crippen LogP contribution in [0.2, 0.25) is 0 Å². The number of amides is 1. The highest BCUT2D eigenvalue weighted by Gasteiger charge is 2.17. The number of nitrogens with one attached hydrogen (secondary N) is 1. The van der Waals surface area contributed by atoms with Gasteiger partial charge in [-0.15, -0.1) is 0 Å². The Hall–Kier alpha value is -2.62. The van der Waals surface area contributed by atoms with Gasteiger partial charge in [0, 0.05) is 0 Å². The molecule has 1 N–H and O–H groups in total. The number of aryl methyl sites for hydroxylation is 4. The van der Waals surface area contributed by atoms with Crippen LogP contribution in [0.1, 0.15) is 51.1 Å². The average molecular weight is 339 g/mol. The van der Waals surface area contributed by atoms with Crippen LogP contribution in [0.15, 0.2) is 36.4 Å². The van der Waals surface area contributed by atoms with Crippen molar-refractivity contribution in [2.24, 2.45) is 0 Å². The lowest BCUT2D eigenvalue weighted by Gasteiger charge is -2.17. The number of rotatable bonds is 5. The smallest absolute Gasteiger partial charge is 0.339 e. The van der Waals surface area contributed by atoms with Gasteiger partial charge in [0.15, 0.2) is 6.61 Å². The van der Waals surface area contributed by atoms with Gasteiger partial charge in [-0.2, -0.15) is 0 Å². The lowest BCUT2D eigenvalue weighted by atomic mass is 10.00. The zero-order valence-electron chi connectivity index (χ0n) is 15.5. The van der Waals surface area contributed by atoms with Gasteiger partial charge in [0.05, 0.1) is 11.6 Å². The topological polar surface area (TPSA) is 55.4 Å². The monoisotopic (exact) mass is 339 g/mol. The Morgan fingerprint density at radius 2 is 1.60 bits per heavy atom. The molecule has 0 aliphatic rings. The summed E-state index contributed by atoms with van der Waals surface area (Å²) in [5.74, 6) is -0.778. The van der Waals surface area contributed by atoms with Crippen molar-refractivity contribution in [1.29, 1.82) is 0 Å². The van der Waals surface area contributed by atoms with Crippen LogP contribution in [-0.2, 0) is 9.53 Å². The summed E-state index contributed by atoms with van der Waals surface area (Å²) in [5.41, 5.74) is 5.50. The first kappa shape index (κ1) is 18.7. The maximum Gasteiger partial charge on any atom is 0.339 e. The Morgan fingerprint density at radius 3 is 2.20 bits per heavy atom. The number of benzene rings is 2. The van der Waals surface area contributed by atoms with Crippen LogP contribution in [0.5, 0.6) is 0 Å². The first-order valence-electron chi connectivity index (χ1n) is 8.39. The molecular weight excluding hydrogens is 314 g/mol. The lowest BCUT2D eigenvalue weighted by Crippen LogP contribution is -2.31. The van der Waals surface area contributed by atoms with E-state index >= 15 is 0 Å². The fraction of sp³-hybridized carbons (Fsp3) is 0.333. The molecule has 0 radical (unpaired) electrons. The molecular formula is C21H25NO3. The van der Waals surface area contributed by atoms with Gasteiger partial charge < -0.3 is 10.1 Å². The van der Waals surface area contributed by atoms with E-state index in [2.05, 4.69) is 5.32 Å². The number of ether oxygens (including phenoxy) is 1. The third-order valence-corrected chi connectivity index (χ3v) is 4.25. The Balaban J connectivity index is 1.96. The quantitative estimate of drug-likeness (QED) is 0.839. The molecule has 0 spiro atoms. The highest BCUT2D eigenvalue weighted by Crippen LogP contribution is 2.18. The van der Waals surface area contributed by atoms with Gasteiger partial charge in [0.2, 0.25) is 0 Å². The van der Waals surface area contributed by atoms with E-state index in [0.717, 1.165) is 27.8 Å². The van der Waals surface area contributed by atoms with Crippen LogP contribution in [-0.4, -0.2) is 18.5 Å². The highest BCUT2D eigenvalue weighted by atomic mass is 16.5. The van der Waals surface area contributed by atoms with Crippen molar-refractivity contribution in [2.45, 2.75) is 40.7 Å². The minimum absolute atomic E-state index is 0.143. The van der Waals surface area contributed by atoms with Crippen molar-refractivity contribution in [2.75, 3.05) is 6.61 Å². The fourth-order valence-electron chi connectivity index (χ4n) is 3.14. The maximum atomic E-state index is 12.3. The van der Waals surface area contributed by atoms with Crippen LogP contribution in [0.4, 0.5) is 0 Å². The molecule has 0 aliphatic carbocycles. The van der Waals surface area contributed by atoms with Crippen LogP contribution in [0.3, 0.4) is 0 Å². The standard InChI is InChI=1S/C21H25NO3/c1-13-10-15(3)20(16(4)11-13)21(24)25-12-19(23)22-17(5)18-9-7-6-8-14(18)2/h6-11,17H,12H2,1-5H3,(H,22,23). The lowest BCUT2D eigenvalue weighted by molar-refractivity contribution is -0.124. The van der Waals surface area contributed by atoms with Gasteiger partial charge in [-0.1, -0.05) is 42.0 Å². The Morgan fingerprint density at radius 1 is 1.00 bits per heavy atom. The number of esters is 1. The second-order valence-corrected chi connectivity index (χ2v) is 6.50. The van der Waals surface area contributed by atoms with Crippen molar-refractivity contribution in [3.63, 3.8) is 0 Å². The Kier molecular flexibility index (Phi) is 5.97. The molecule has 0 bridgehead atoms. The van der Waals surface area contributed by atoms with Crippen LogP contribution in [0, 0.1) is 27.7 Å². The van der Waals surface area contributed by atoms with Crippen LogP contribution >= 0.6 is 0 Å². The van der Waals surface area contributed by atoms with Gasteiger partial charge in [0.1, 0.15) is 0 Å². The molecule has 1 amide bonds. The second-order valence-electron chi connectivity index (χ2n) is 6.50. The molecule has 0 fully saturated rings. The maximum absolute atomic E-state index is 12.3. The summed E-state index contributed by atoms with van der Waals surface area (Å²) in [6.45, 7) is 9.35. The summed E-state index contributed by atoms with van der Waals surface area (Å²) in [6, 6.07) is 11.6. The summed E-state index contributed by atoms with van der Waals surface area (Å²) in [7, 11) is 0. The van der Waals surface area contributed by atoms with Gasteiger partial charge in [-0.25, -0.2) is 4.79 Å². The normalized spacial score (nSPS) is 11.7. The molecule has 132 valence electrons. The summed E-state index contributed by atoms with van der Waals surface area (Å²) in [4.78, 5) is 24.4. The molecule has 0 saturated heterocycles. The van der Waals surface area contributed by atoms with Gasteiger partial charge in [-0.3, -0.25) is 4.79 Å². The summed E-state index contributed by atoms with van der Waals surface area (Å²) < 4.78 is 5.21. The molecule has 1 unspecified atom stereocenters. The van der Waals surface area contributed by atoms with Crippen LogP contribution in [0.25, 0.3) is 0 Å².